The van der Waals surface area contributed by atoms with Gasteiger partial charge in [-0.25, -0.2) is 0 Å². The number of rotatable bonds is 7. The zero-order valence-electron chi connectivity index (χ0n) is 9.72. The van der Waals surface area contributed by atoms with Crippen LogP contribution in [0.15, 0.2) is 29.2 Å². The van der Waals surface area contributed by atoms with Crippen LogP contribution in [0.5, 0.6) is 0 Å². The van der Waals surface area contributed by atoms with Gasteiger partial charge in [-0.15, -0.1) is 11.8 Å². The molecule has 0 spiro atoms. The summed E-state index contributed by atoms with van der Waals surface area (Å²) in [6, 6.07) is 7.87. The van der Waals surface area contributed by atoms with Crippen molar-refractivity contribution in [3.63, 3.8) is 0 Å². The van der Waals surface area contributed by atoms with Gasteiger partial charge in [-0.2, -0.15) is 0 Å². The Morgan fingerprint density at radius 3 is 2.59 bits per heavy atom. The van der Waals surface area contributed by atoms with E-state index in [9.17, 15) is 9.90 Å². The Kier molecular flexibility index (Phi) is 5.86. The summed E-state index contributed by atoms with van der Waals surface area (Å²) in [4.78, 5) is 11.5. The van der Waals surface area contributed by atoms with Gasteiger partial charge in [0.15, 0.2) is 0 Å². The Morgan fingerprint density at radius 1 is 1.41 bits per heavy atom. The number of carboxylic acid groups (broad SMARTS) is 1. The summed E-state index contributed by atoms with van der Waals surface area (Å²) in [5.41, 5.74) is 0.928. The molecule has 0 radical (unpaired) electrons. The van der Waals surface area contributed by atoms with Crippen molar-refractivity contribution in [2.45, 2.75) is 23.8 Å². The summed E-state index contributed by atoms with van der Waals surface area (Å²) in [5.74, 6) is -0.881. The number of anilines is 1. The predicted molar refractivity (Wildman–Crippen MR) is 69.6 cm³/mol. The second-order valence-corrected chi connectivity index (χ2v) is 4.58. The van der Waals surface area contributed by atoms with Gasteiger partial charge >= 0.3 is 5.97 Å². The molecule has 5 heteroatoms. The molecule has 1 aromatic rings. The lowest BCUT2D eigenvalue weighted by Gasteiger charge is -2.11. The van der Waals surface area contributed by atoms with E-state index in [2.05, 4.69) is 5.32 Å². The van der Waals surface area contributed by atoms with Crippen LogP contribution in [0.25, 0.3) is 0 Å². The molecule has 0 heterocycles. The minimum Gasteiger partial charge on any atom is -0.481 e. The molecule has 0 saturated carbocycles. The fourth-order valence-corrected chi connectivity index (χ4v) is 1.74. The minimum atomic E-state index is -0.881. The third-order valence-electron chi connectivity index (χ3n) is 2.32. The fraction of sp³-hybridized carbons (Fsp3) is 0.417. The van der Waals surface area contributed by atoms with Gasteiger partial charge in [0.25, 0.3) is 0 Å². The first kappa shape index (κ1) is 13.9. The number of hydrogen-bond donors (Lipinski definition) is 3. The van der Waals surface area contributed by atoms with E-state index < -0.39 is 12.1 Å². The maximum Gasteiger partial charge on any atom is 0.303 e. The van der Waals surface area contributed by atoms with Crippen molar-refractivity contribution in [2.24, 2.45) is 0 Å². The topological polar surface area (TPSA) is 69.6 Å². The van der Waals surface area contributed by atoms with Gasteiger partial charge in [0, 0.05) is 23.5 Å². The number of benzene rings is 1. The molecule has 1 atom stereocenters. The molecule has 1 unspecified atom stereocenters. The number of hydrogen-bond acceptors (Lipinski definition) is 4. The van der Waals surface area contributed by atoms with E-state index in [4.69, 9.17) is 5.11 Å². The average Bonchev–Trinajstić information content (AvgIpc) is 2.34. The highest BCUT2D eigenvalue weighted by Gasteiger charge is 2.06. The van der Waals surface area contributed by atoms with Crippen molar-refractivity contribution < 1.29 is 15.0 Å². The standard InChI is InChI=1S/C12H17NO3S/c1-17-11-5-2-9(3-6-11)13-8-10(14)4-7-12(15)16/h2-3,5-6,10,13-14H,4,7-8H2,1H3,(H,15,16). The van der Waals surface area contributed by atoms with Crippen molar-refractivity contribution in [1.29, 1.82) is 0 Å². The van der Waals surface area contributed by atoms with E-state index in [0.717, 1.165) is 5.69 Å². The van der Waals surface area contributed by atoms with Gasteiger partial charge in [0.2, 0.25) is 0 Å². The lowest BCUT2D eigenvalue weighted by molar-refractivity contribution is -0.137. The van der Waals surface area contributed by atoms with E-state index in [1.54, 1.807) is 11.8 Å². The predicted octanol–water partition coefficient (Wildman–Crippen LogP) is 2.05. The Morgan fingerprint density at radius 2 is 2.06 bits per heavy atom. The van der Waals surface area contributed by atoms with E-state index in [1.165, 1.54) is 4.90 Å². The second kappa shape index (κ2) is 7.19. The third-order valence-corrected chi connectivity index (χ3v) is 3.07. The van der Waals surface area contributed by atoms with Crippen LogP contribution < -0.4 is 5.32 Å². The number of aliphatic carboxylic acids is 1. The summed E-state index contributed by atoms with van der Waals surface area (Å²) in [6.45, 7) is 0.367. The fourth-order valence-electron chi connectivity index (χ4n) is 1.34. The van der Waals surface area contributed by atoms with Crippen LogP contribution in [0.3, 0.4) is 0 Å². The van der Waals surface area contributed by atoms with Crippen LogP contribution in [0, 0.1) is 0 Å². The minimum absolute atomic E-state index is 0.00570. The lowest BCUT2D eigenvalue weighted by Crippen LogP contribution is -2.20. The van der Waals surface area contributed by atoms with Crippen LogP contribution in [-0.2, 0) is 4.79 Å². The first-order valence-corrected chi connectivity index (χ1v) is 6.62. The van der Waals surface area contributed by atoms with Crippen LogP contribution in [0.2, 0.25) is 0 Å². The van der Waals surface area contributed by atoms with E-state index in [1.807, 2.05) is 30.5 Å². The number of nitrogens with one attached hydrogen (secondary N) is 1. The molecule has 1 aromatic carbocycles. The maximum absolute atomic E-state index is 10.3. The largest absolute Gasteiger partial charge is 0.481 e. The monoisotopic (exact) mass is 255 g/mol. The molecule has 17 heavy (non-hydrogen) atoms. The molecule has 0 bridgehead atoms. The Hall–Kier alpha value is -1.20. The van der Waals surface area contributed by atoms with E-state index in [0.29, 0.717) is 6.54 Å². The van der Waals surface area contributed by atoms with E-state index in [-0.39, 0.29) is 12.8 Å². The molecule has 0 fully saturated rings. The van der Waals surface area contributed by atoms with Gasteiger partial charge < -0.3 is 15.5 Å². The quantitative estimate of drug-likeness (QED) is 0.650. The zero-order valence-corrected chi connectivity index (χ0v) is 10.5. The van der Waals surface area contributed by atoms with Crippen LogP contribution >= 0.6 is 11.8 Å². The van der Waals surface area contributed by atoms with Gasteiger partial charge in [0.1, 0.15) is 0 Å². The normalized spacial score (nSPS) is 12.1. The third kappa shape index (κ3) is 5.60. The Labute approximate surface area is 105 Å². The summed E-state index contributed by atoms with van der Waals surface area (Å²) in [6.07, 6.45) is 1.64. The van der Waals surface area contributed by atoms with Gasteiger partial charge in [-0.1, -0.05) is 0 Å². The summed E-state index contributed by atoms with van der Waals surface area (Å²) in [5, 5.41) is 21.1. The van der Waals surface area contributed by atoms with E-state index >= 15 is 0 Å². The highest BCUT2D eigenvalue weighted by Crippen LogP contribution is 2.17. The maximum atomic E-state index is 10.3. The highest BCUT2D eigenvalue weighted by atomic mass is 32.2. The average molecular weight is 255 g/mol. The van der Waals surface area contributed by atoms with Crippen molar-refractivity contribution >= 4 is 23.4 Å². The molecule has 3 N–H and O–H groups in total. The molecule has 4 nitrogen and oxygen atoms in total. The summed E-state index contributed by atoms with van der Waals surface area (Å²) >= 11 is 1.67. The molecule has 0 amide bonds. The van der Waals surface area contributed by atoms with Crippen molar-refractivity contribution in [3.05, 3.63) is 24.3 Å². The van der Waals surface area contributed by atoms with Gasteiger partial charge in [-0.3, -0.25) is 4.79 Å². The molecule has 0 aliphatic heterocycles. The Balaban J connectivity index is 2.31. The molecular weight excluding hydrogens is 238 g/mol. The van der Waals surface area contributed by atoms with Crippen molar-refractivity contribution in [1.82, 2.24) is 0 Å². The molecule has 0 aromatic heterocycles. The Bertz CT molecular complexity index is 353. The first-order chi connectivity index (χ1) is 8.11. The molecule has 0 aliphatic rings. The smallest absolute Gasteiger partial charge is 0.303 e. The first-order valence-electron chi connectivity index (χ1n) is 5.39. The van der Waals surface area contributed by atoms with Crippen molar-refractivity contribution in [3.8, 4) is 0 Å². The van der Waals surface area contributed by atoms with Crippen molar-refractivity contribution in [2.75, 3.05) is 18.1 Å². The molecule has 0 aliphatic carbocycles. The van der Waals surface area contributed by atoms with Gasteiger partial charge in [-0.05, 0) is 36.9 Å². The second-order valence-electron chi connectivity index (χ2n) is 3.70. The molecule has 94 valence electrons. The molecule has 0 saturated heterocycles. The number of aliphatic hydroxyl groups excluding tert-OH is 1. The number of thioether (sulfide) groups is 1. The molecule has 1 rings (SSSR count). The highest BCUT2D eigenvalue weighted by molar-refractivity contribution is 7.98. The number of aliphatic hydroxyl groups is 1. The number of carbonyl (C=O) groups is 1. The zero-order chi connectivity index (χ0) is 12.7. The van der Waals surface area contributed by atoms with Crippen LogP contribution in [-0.4, -0.2) is 35.1 Å². The lowest BCUT2D eigenvalue weighted by atomic mass is 10.2. The summed E-state index contributed by atoms with van der Waals surface area (Å²) < 4.78 is 0. The summed E-state index contributed by atoms with van der Waals surface area (Å²) in [7, 11) is 0. The van der Waals surface area contributed by atoms with Gasteiger partial charge in [0.05, 0.1) is 6.10 Å². The number of carboxylic acids is 1. The SMILES string of the molecule is CSc1ccc(NCC(O)CCC(=O)O)cc1. The molecular formula is C12H17NO3S. The van der Waals surface area contributed by atoms with Crippen LogP contribution in [0.1, 0.15) is 12.8 Å². The van der Waals surface area contributed by atoms with Crippen LogP contribution in [0.4, 0.5) is 5.69 Å².